The van der Waals surface area contributed by atoms with Crippen LogP contribution in [0.25, 0.3) is 27.9 Å². The lowest BCUT2D eigenvalue weighted by Crippen LogP contribution is -2.17. The lowest BCUT2D eigenvalue weighted by atomic mass is 10.0. The van der Waals surface area contributed by atoms with Crippen LogP contribution in [0.5, 0.6) is 0 Å². The van der Waals surface area contributed by atoms with Crippen LogP contribution in [0, 0.1) is 13.8 Å². The molecule has 0 radical (unpaired) electrons. The Kier molecular flexibility index (Phi) is 4.05. The molecule has 1 aromatic carbocycles. The van der Waals surface area contributed by atoms with Crippen LogP contribution in [0.2, 0.25) is 0 Å². The minimum atomic E-state index is 0.799. The summed E-state index contributed by atoms with van der Waals surface area (Å²) in [5, 5.41) is 1.01. The number of aryl methyl sites for hydroxylation is 2. The van der Waals surface area contributed by atoms with E-state index in [0.717, 1.165) is 51.6 Å². The summed E-state index contributed by atoms with van der Waals surface area (Å²) >= 11 is 0. The van der Waals surface area contributed by atoms with Crippen LogP contribution >= 0.6 is 0 Å². The normalized spacial score (nSPS) is 11.4. The molecule has 6 heteroatoms. The van der Waals surface area contributed by atoms with Crippen LogP contribution in [0.1, 0.15) is 18.2 Å². The Bertz CT molecular complexity index is 1330. The summed E-state index contributed by atoms with van der Waals surface area (Å²) in [7, 11) is 0. The van der Waals surface area contributed by atoms with Gasteiger partial charge >= 0.3 is 0 Å². The van der Waals surface area contributed by atoms with E-state index < -0.39 is 0 Å². The molecule has 0 aliphatic heterocycles. The highest BCUT2D eigenvalue weighted by molar-refractivity contribution is 5.91. The minimum absolute atomic E-state index is 0.799. The Labute approximate surface area is 168 Å². The van der Waals surface area contributed by atoms with E-state index in [1.54, 1.807) is 24.9 Å². The van der Waals surface area contributed by atoms with E-state index in [0.29, 0.717) is 0 Å². The predicted octanol–water partition coefficient (Wildman–Crippen LogP) is 5.31. The second kappa shape index (κ2) is 6.74. The van der Waals surface area contributed by atoms with Gasteiger partial charge in [0.15, 0.2) is 5.65 Å². The van der Waals surface area contributed by atoms with Gasteiger partial charge in [-0.15, -0.1) is 0 Å². The number of anilines is 2. The molecule has 144 valence electrons. The van der Waals surface area contributed by atoms with Crippen LogP contribution in [0.3, 0.4) is 0 Å². The van der Waals surface area contributed by atoms with Crippen molar-refractivity contribution in [2.24, 2.45) is 0 Å². The highest BCUT2D eigenvalue weighted by Crippen LogP contribution is 2.34. The van der Waals surface area contributed by atoms with Crippen molar-refractivity contribution in [3.8, 4) is 11.3 Å². The van der Waals surface area contributed by atoms with E-state index in [-0.39, 0.29) is 0 Å². The quantitative estimate of drug-likeness (QED) is 0.421. The van der Waals surface area contributed by atoms with Crippen molar-refractivity contribution in [2.75, 3.05) is 11.4 Å². The van der Waals surface area contributed by atoms with Crippen LogP contribution in [0.15, 0.2) is 65.8 Å². The fourth-order valence-electron chi connectivity index (χ4n) is 3.95. The number of nitrogens with zero attached hydrogens (tertiary/aromatic N) is 5. The third-order valence-electron chi connectivity index (χ3n) is 5.33. The molecule has 0 unspecified atom stereocenters. The van der Waals surface area contributed by atoms with Gasteiger partial charge in [-0.3, -0.25) is 9.38 Å². The summed E-state index contributed by atoms with van der Waals surface area (Å²) in [6, 6.07) is 10.4. The van der Waals surface area contributed by atoms with E-state index in [1.807, 2.05) is 25.3 Å². The van der Waals surface area contributed by atoms with Crippen LogP contribution in [-0.2, 0) is 0 Å². The lowest BCUT2D eigenvalue weighted by Gasteiger charge is -2.24. The molecular weight excluding hydrogens is 362 g/mol. The molecule has 4 aromatic heterocycles. The molecule has 5 rings (SSSR count). The van der Waals surface area contributed by atoms with Gasteiger partial charge in [0.2, 0.25) is 0 Å². The van der Waals surface area contributed by atoms with Gasteiger partial charge in [0.25, 0.3) is 0 Å². The maximum absolute atomic E-state index is 5.55. The smallest absolute Gasteiger partial charge is 0.155 e. The summed E-state index contributed by atoms with van der Waals surface area (Å²) in [4.78, 5) is 15.7. The van der Waals surface area contributed by atoms with Crippen molar-refractivity contribution in [3.05, 3.63) is 72.6 Å². The van der Waals surface area contributed by atoms with Gasteiger partial charge in [0, 0.05) is 36.4 Å². The van der Waals surface area contributed by atoms with E-state index in [4.69, 9.17) is 4.42 Å². The predicted molar refractivity (Wildman–Crippen MR) is 115 cm³/mol. The number of pyridine rings is 1. The topological polar surface area (TPSA) is 59.5 Å². The van der Waals surface area contributed by atoms with Crippen molar-refractivity contribution < 1.29 is 4.42 Å². The first-order chi connectivity index (χ1) is 14.2. The summed E-state index contributed by atoms with van der Waals surface area (Å²) in [6.07, 6.45) is 9.09. The third kappa shape index (κ3) is 2.76. The number of hydrogen-bond acceptors (Lipinski definition) is 5. The van der Waals surface area contributed by atoms with Gasteiger partial charge in [-0.1, -0.05) is 6.07 Å². The molecule has 6 nitrogen and oxygen atoms in total. The molecule has 29 heavy (non-hydrogen) atoms. The Morgan fingerprint density at radius 3 is 2.76 bits per heavy atom. The van der Waals surface area contributed by atoms with Crippen molar-refractivity contribution in [2.45, 2.75) is 20.8 Å². The average molecular weight is 383 g/mol. The number of furan rings is 1. The molecule has 0 atom stereocenters. The number of benzene rings is 1. The van der Waals surface area contributed by atoms with E-state index in [9.17, 15) is 0 Å². The monoisotopic (exact) mass is 383 g/mol. The Hall–Kier alpha value is -3.67. The maximum Gasteiger partial charge on any atom is 0.155 e. The average Bonchev–Trinajstić information content (AvgIpc) is 3.39. The molecule has 0 spiro atoms. The lowest BCUT2D eigenvalue weighted by molar-refractivity contribution is 0.615. The number of hydrogen-bond donors (Lipinski definition) is 0. The zero-order valence-corrected chi connectivity index (χ0v) is 16.6. The molecular formula is C23H21N5O. The van der Waals surface area contributed by atoms with Gasteiger partial charge in [-0.05, 0) is 50.6 Å². The van der Waals surface area contributed by atoms with Crippen LogP contribution in [0.4, 0.5) is 11.5 Å². The second-order valence-corrected chi connectivity index (χ2v) is 7.06. The molecule has 5 aromatic rings. The van der Waals surface area contributed by atoms with Crippen molar-refractivity contribution >= 4 is 28.1 Å². The Balaban J connectivity index is 1.63. The van der Waals surface area contributed by atoms with Gasteiger partial charge in [0.05, 0.1) is 29.2 Å². The summed E-state index contributed by atoms with van der Waals surface area (Å²) in [5.74, 6) is 0.903. The SMILES string of the molecule is CCN(c1ccc(-c2c(C)ncc3nccn23)c(C)c1)c1nccc2occc12. The molecule has 0 amide bonds. The number of rotatable bonds is 4. The zero-order valence-electron chi connectivity index (χ0n) is 16.6. The first kappa shape index (κ1) is 17.4. The third-order valence-corrected chi connectivity index (χ3v) is 5.33. The van der Waals surface area contributed by atoms with E-state index >= 15 is 0 Å². The van der Waals surface area contributed by atoms with Crippen molar-refractivity contribution in [1.29, 1.82) is 0 Å². The fourth-order valence-corrected chi connectivity index (χ4v) is 3.95. The second-order valence-electron chi connectivity index (χ2n) is 7.06. The Morgan fingerprint density at radius 1 is 1.03 bits per heavy atom. The molecule has 0 saturated heterocycles. The van der Waals surface area contributed by atoms with Gasteiger partial charge < -0.3 is 9.32 Å². The fraction of sp³-hybridized carbons (Fsp3) is 0.174. The van der Waals surface area contributed by atoms with E-state index in [2.05, 4.69) is 56.3 Å². The zero-order chi connectivity index (χ0) is 20.0. The summed E-state index contributed by atoms with van der Waals surface area (Å²) in [5.41, 5.74) is 7.15. The van der Waals surface area contributed by atoms with Crippen LogP contribution in [-0.4, -0.2) is 25.9 Å². The van der Waals surface area contributed by atoms with Crippen molar-refractivity contribution in [3.63, 3.8) is 0 Å². The molecule has 0 fully saturated rings. The molecule has 0 aliphatic rings. The Morgan fingerprint density at radius 2 is 1.93 bits per heavy atom. The summed E-state index contributed by atoms with van der Waals surface area (Å²) in [6.45, 7) is 7.09. The molecule has 0 aliphatic carbocycles. The largest absolute Gasteiger partial charge is 0.464 e. The standard InChI is InChI=1S/C23H21N5O/c1-4-27(23-19-8-12-29-20(19)7-9-25-23)17-5-6-18(15(2)13-17)22-16(3)26-14-21-24-10-11-28(21)22/h5-14H,4H2,1-3H3. The highest BCUT2D eigenvalue weighted by atomic mass is 16.3. The first-order valence-corrected chi connectivity index (χ1v) is 9.67. The van der Waals surface area contributed by atoms with Gasteiger partial charge in [-0.2, -0.15) is 0 Å². The maximum atomic E-state index is 5.55. The first-order valence-electron chi connectivity index (χ1n) is 9.67. The minimum Gasteiger partial charge on any atom is -0.464 e. The number of imidazole rings is 1. The highest BCUT2D eigenvalue weighted by Gasteiger charge is 2.17. The molecule has 0 bridgehead atoms. The van der Waals surface area contributed by atoms with E-state index in [1.165, 1.54) is 5.56 Å². The molecule has 0 N–H and O–H groups in total. The summed E-state index contributed by atoms with van der Waals surface area (Å²) < 4.78 is 7.65. The van der Waals surface area contributed by atoms with Gasteiger partial charge in [-0.25, -0.2) is 9.97 Å². The molecule has 0 saturated carbocycles. The van der Waals surface area contributed by atoms with Crippen LogP contribution < -0.4 is 4.90 Å². The van der Waals surface area contributed by atoms with Gasteiger partial charge in [0.1, 0.15) is 11.4 Å². The number of fused-ring (bicyclic) bond motifs is 2. The molecule has 4 heterocycles. The van der Waals surface area contributed by atoms with Crippen molar-refractivity contribution in [1.82, 2.24) is 19.4 Å². The number of aromatic nitrogens is 4.